The predicted molar refractivity (Wildman–Crippen MR) is 121 cm³/mol. The summed E-state index contributed by atoms with van der Waals surface area (Å²) in [5.74, 6) is 1.29. The molecule has 1 aromatic carbocycles. The first-order chi connectivity index (χ1) is 15.1. The Morgan fingerprint density at radius 1 is 0.968 bits per heavy atom. The van der Waals surface area contributed by atoms with Crippen LogP contribution in [-0.4, -0.2) is 66.2 Å². The molecule has 0 radical (unpaired) electrons. The number of nitrogens with one attached hydrogen (secondary N) is 1. The number of anilines is 4. The minimum absolute atomic E-state index is 0.0191. The van der Waals surface area contributed by atoms with Crippen molar-refractivity contribution in [3.63, 3.8) is 0 Å². The van der Waals surface area contributed by atoms with Gasteiger partial charge in [-0.25, -0.2) is 4.98 Å². The van der Waals surface area contributed by atoms with Gasteiger partial charge in [-0.3, -0.25) is 4.79 Å². The smallest absolute Gasteiger partial charge is 0.273 e. The summed E-state index contributed by atoms with van der Waals surface area (Å²) in [5, 5.41) is 3.48. The Kier molecular flexibility index (Phi) is 5.40. The van der Waals surface area contributed by atoms with Crippen molar-refractivity contribution in [3.05, 3.63) is 35.5 Å². The Morgan fingerprint density at radius 2 is 1.68 bits per heavy atom. The van der Waals surface area contributed by atoms with Gasteiger partial charge in [0.05, 0.1) is 19.8 Å². The van der Waals surface area contributed by atoms with Crippen LogP contribution in [0.4, 0.5) is 23.1 Å². The second-order valence-electron chi connectivity index (χ2n) is 8.69. The predicted octanol–water partition coefficient (Wildman–Crippen LogP) is 3.02. The average Bonchev–Trinajstić information content (AvgIpc) is 3.44. The first kappa shape index (κ1) is 20.1. The van der Waals surface area contributed by atoms with Gasteiger partial charge in [-0.1, -0.05) is 0 Å². The van der Waals surface area contributed by atoms with Gasteiger partial charge in [0.15, 0.2) is 0 Å². The summed E-state index contributed by atoms with van der Waals surface area (Å²) in [6, 6.07) is 8.61. The summed E-state index contributed by atoms with van der Waals surface area (Å²) in [4.78, 5) is 28.9. The highest BCUT2D eigenvalue weighted by Gasteiger charge is 2.35. The van der Waals surface area contributed by atoms with Crippen molar-refractivity contribution in [1.82, 2.24) is 14.9 Å². The van der Waals surface area contributed by atoms with E-state index < -0.39 is 0 Å². The summed E-state index contributed by atoms with van der Waals surface area (Å²) in [7, 11) is 0. The first-order valence-electron chi connectivity index (χ1n) is 11.3. The molecule has 2 saturated heterocycles. The molecule has 4 heterocycles. The first-order valence-corrected chi connectivity index (χ1v) is 11.3. The van der Waals surface area contributed by atoms with Gasteiger partial charge in [-0.15, -0.1) is 0 Å². The fourth-order valence-electron chi connectivity index (χ4n) is 4.47. The van der Waals surface area contributed by atoms with Crippen molar-refractivity contribution in [1.29, 1.82) is 0 Å². The molecular formula is C23H30N6O2. The molecule has 0 saturated carbocycles. The van der Waals surface area contributed by atoms with Crippen molar-refractivity contribution >= 4 is 29.0 Å². The number of fused-ring (bicyclic) bond motifs is 1. The number of hydrogen-bond acceptors (Lipinski definition) is 7. The number of aromatic nitrogens is 2. The molecule has 1 amide bonds. The molecule has 8 nitrogen and oxygen atoms in total. The third-order valence-electron chi connectivity index (χ3n) is 6.31. The maximum absolute atomic E-state index is 13.0. The quantitative estimate of drug-likeness (QED) is 0.794. The van der Waals surface area contributed by atoms with Crippen molar-refractivity contribution in [3.8, 4) is 0 Å². The number of nitrogens with zero attached hydrogens (tertiary/aromatic N) is 5. The van der Waals surface area contributed by atoms with E-state index in [4.69, 9.17) is 9.72 Å². The number of benzene rings is 1. The zero-order valence-corrected chi connectivity index (χ0v) is 18.3. The number of carbonyl (C=O) groups excluding carboxylic acids is 1. The minimum Gasteiger partial charge on any atom is -0.378 e. The number of rotatable bonds is 5. The van der Waals surface area contributed by atoms with Gasteiger partial charge in [0.25, 0.3) is 5.91 Å². The lowest BCUT2D eigenvalue weighted by Gasteiger charge is -2.27. The van der Waals surface area contributed by atoms with E-state index in [-0.39, 0.29) is 11.9 Å². The van der Waals surface area contributed by atoms with Gasteiger partial charge < -0.3 is 24.8 Å². The van der Waals surface area contributed by atoms with Crippen LogP contribution in [0.3, 0.4) is 0 Å². The van der Waals surface area contributed by atoms with Crippen molar-refractivity contribution in [2.45, 2.75) is 39.3 Å². The molecule has 1 aromatic heterocycles. The molecule has 31 heavy (non-hydrogen) atoms. The average molecular weight is 423 g/mol. The minimum atomic E-state index is -0.0191. The van der Waals surface area contributed by atoms with Gasteiger partial charge in [-0.05, 0) is 51.0 Å². The highest BCUT2D eigenvalue weighted by atomic mass is 16.5. The topological polar surface area (TPSA) is 73.8 Å². The lowest BCUT2D eigenvalue weighted by atomic mass is 10.2. The van der Waals surface area contributed by atoms with Crippen LogP contribution in [0.15, 0.2) is 24.3 Å². The standard InChI is InChI=1S/C23H30N6O2/c1-16(2)29-15-19-20(22(29)30)25-23(28-11-13-31-14-12-28)26-21(19)24-17-5-7-18(8-6-17)27-9-3-4-10-27/h5-8,16H,3-4,9-15H2,1-2H3,(H,24,25,26). The molecule has 0 bridgehead atoms. The second kappa shape index (κ2) is 8.34. The van der Waals surface area contributed by atoms with Crippen LogP contribution in [0.2, 0.25) is 0 Å². The monoisotopic (exact) mass is 422 g/mol. The molecule has 1 N–H and O–H groups in total. The van der Waals surface area contributed by atoms with E-state index in [1.54, 1.807) is 0 Å². The van der Waals surface area contributed by atoms with E-state index in [0.29, 0.717) is 31.4 Å². The number of hydrogen-bond donors (Lipinski definition) is 1. The summed E-state index contributed by atoms with van der Waals surface area (Å²) in [6.07, 6.45) is 2.52. The van der Waals surface area contributed by atoms with Gasteiger partial charge in [-0.2, -0.15) is 4.98 Å². The second-order valence-corrected chi connectivity index (χ2v) is 8.69. The number of morpholine rings is 1. The molecular weight excluding hydrogens is 392 g/mol. The largest absolute Gasteiger partial charge is 0.378 e. The van der Waals surface area contributed by atoms with Crippen LogP contribution in [0, 0.1) is 0 Å². The molecule has 0 spiro atoms. The van der Waals surface area contributed by atoms with E-state index in [1.807, 2.05) is 18.7 Å². The Hall–Kier alpha value is -2.87. The fourth-order valence-corrected chi connectivity index (χ4v) is 4.47. The molecule has 3 aliphatic rings. The zero-order chi connectivity index (χ0) is 21.4. The lowest BCUT2D eigenvalue weighted by molar-refractivity contribution is 0.0726. The lowest BCUT2D eigenvalue weighted by Crippen LogP contribution is -2.37. The molecule has 164 valence electrons. The fraction of sp³-hybridized carbons (Fsp3) is 0.522. The van der Waals surface area contributed by atoms with Gasteiger partial charge in [0, 0.05) is 49.2 Å². The van der Waals surface area contributed by atoms with Crippen molar-refractivity contribution < 1.29 is 9.53 Å². The Morgan fingerprint density at radius 3 is 2.35 bits per heavy atom. The summed E-state index contributed by atoms with van der Waals surface area (Å²) >= 11 is 0. The Labute approximate surface area is 183 Å². The molecule has 0 atom stereocenters. The van der Waals surface area contributed by atoms with Crippen LogP contribution in [0.5, 0.6) is 0 Å². The van der Waals surface area contributed by atoms with Crippen LogP contribution >= 0.6 is 0 Å². The number of amides is 1. The highest BCUT2D eigenvalue weighted by molar-refractivity contribution is 5.98. The maximum atomic E-state index is 13.0. The molecule has 2 aromatic rings. The van der Waals surface area contributed by atoms with E-state index in [9.17, 15) is 4.79 Å². The van der Waals surface area contributed by atoms with E-state index in [1.165, 1.54) is 18.5 Å². The summed E-state index contributed by atoms with van der Waals surface area (Å²) < 4.78 is 5.47. The van der Waals surface area contributed by atoms with Crippen LogP contribution in [0.1, 0.15) is 42.7 Å². The summed E-state index contributed by atoms with van der Waals surface area (Å²) in [5.41, 5.74) is 3.61. The van der Waals surface area contributed by atoms with E-state index in [2.05, 4.69) is 44.4 Å². The van der Waals surface area contributed by atoms with E-state index >= 15 is 0 Å². The van der Waals surface area contributed by atoms with Crippen molar-refractivity contribution in [2.24, 2.45) is 0 Å². The van der Waals surface area contributed by atoms with Gasteiger partial charge in [0.2, 0.25) is 5.95 Å². The molecule has 0 unspecified atom stereocenters. The van der Waals surface area contributed by atoms with E-state index in [0.717, 1.165) is 43.2 Å². The normalized spacial score (nSPS) is 18.8. The highest BCUT2D eigenvalue weighted by Crippen LogP contribution is 2.32. The molecule has 2 fully saturated rings. The number of ether oxygens (including phenoxy) is 1. The van der Waals surface area contributed by atoms with Crippen LogP contribution in [0.25, 0.3) is 0 Å². The van der Waals surface area contributed by atoms with Crippen molar-refractivity contribution in [2.75, 3.05) is 54.5 Å². The third-order valence-corrected chi connectivity index (χ3v) is 6.31. The molecule has 5 rings (SSSR count). The van der Waals surface area contributed by atoms with Crippen LogP contribution < -0.4 is 15.1 Å². The SMILES string of the molecule is CC(C)N1Cc2c(Nc3ccc(N4CCCC4)cc3)nc(N3CCOCC3)nc2C1=O. The Bertz CT molecular complexity index is 949. The number of carbonyl (C=O) groups is 1. The third kappa shape index (κ3) is 3.92. The molecule has 3 aliphatic heterocycles. The van der Waals surface area contributed by atoms with Gasteiger partial charge >= 0.3 is 0 Å². The maximum Gasteiger partial charge on any atom is 0.273 e. The Balaban J connectivity index is 1.46. The summed E-state index contributed by atoms with van der Waals surface area (Å²) in [6.45, 7) is 9.60. The molecule has 0 aliphatic carbocycles. The zero-order valence-electron chi connectivity index (χ0n) is 18.3. The molecule has 8 heteroatoms. The van der Waals surface area contributed by atoms with Gasteiger partial charge in [0.1, 0.15) is 11.5 Å². The van der Waals surface area contributed by atoms with Crippen LogP contribution in [-0.2, 0) is 11.3 Å².